The maximum atomic E-state index is 13.3. The second-order valence-electron chi connectivity index (χ2n) is 14.2. The molecule has 10 heteroatoms. The van der Waals surface area contributed by atoms with Crippen molar-refractivity contribution >= 4 is 0 Å². The molecular formula is C32H48F6O4. The molecule has 42 heavy (non-hydrogen) atoms. The average molecular weight is 611 g/mol. The van der Waals surface area contributed by atoms with Crippen LogP contribution in [0.15, 0.2) is 35.5 Å². The summed E-state index contributed by atoms with van der Waals surface area (Å²) in [4.78, 5) is 0. The first-order chi connectivity index (χ1) is 19.1. The van der Waals surface area contributed by atoms with Crippen LogP contribution < -0.4 is 0 Å². The first-order valence-electron chi connectivity index (χ1n) is 15.1. The summed E-state index contributed by atoms with van der Waals surface area (Å²) in [6.45, 7) is 7.44. The molecular weight excluding hydrogens is 562 g/mol. The van der Waals surface area contributed by atoms with Gasteiger partial charge in [-0.15, -0.1) is 0 Å². The molecule has 0 radical (unpaired) electrons. The molecule has 0 saturated heterocycles. The third kappa shape index (κ3) is 7.83. The van der Waals surface area contributed by atoms with E-state index in [0.29, 0.717) is 38.5 Å². The van der Waals surface area contributed by atoms with Gasteiger partial charge in [0.25, 0.3) is 5.60 Å². The van der Waals surface area contributed by atoms with Gasteiger partial charge in [0.05, 0.1) is 17.8 Å². The van der Waals surface area contributed by atoms with Crippen LogP contribution >= 0.6 is 0 Å². The largest absolute Gasteiger partial charge is 0.429 e. The topological polar surface area (TPSA) is 80.9 Å². The van der Waals surface area contributed by atoms with Crippen LogP contribution in [0, 0.1) is 22.7 Å². The highest BCUT2D eigenvalue weighted by molar-refractivity contribution is 5.27. The highest BCUT2D eigenvalue weighted by Crippen LogP contribution is 2.64. The van der Waals surface area contributed by atoms with E-state index < -0.39 is 41.2 Å². The fourth-order valence-electron chi connectivity index (χ4n) is 8.11. The van der Waals surface area contributed by atoms with Crippen molar-refractivity contribution in [3.05, 3.63) is 35.5 Å². The highest BCUT2D eigenvalue weighted by Gasteiger charge is 2.69. The van der Waals surface area contributed by atoms with E-state index >= 15 is 0 Å². The molecule has 242 valence electrons. The van der Waals surface area contributed by atoms with Gasteiger partial charge in [-0.05, 0) is 113 Å². The van der Waals surface area contributed by atoms with Crippen LogP contribution in [0.2, 0.25) is 0 Å². The van der Waals surface area contributed by atoms with Crippen LogP contribution in [-0.2, 0) is 0 Å². The molecule has 0 spiro atoms. The molecule has 3 saturated carbocycles. The SMILES string of the molecule is CC(C)(O)CCC[C@@](C)(C/C=C\C(O)(C(F)(F)F)C(F)(F)F)[C@H]1CCC2/C(=C/C=C3C[C@@H](O)C[C@H](O)C3)CCC[C@@]21C. The normalized spacial score (nSPS) is 32.3. The van der Waals surface area contributed by atoms with Crippen LogP contribution in [0.5, 0.6) is 0 Å². The van der Waals surface area contributed by atoms with Crippen molar-refractivity contribution in [1.29, 1.82) is 0 Å². The number of hydrogen-bond donors (Lipinski definition) is 4. The molecule has 3 rings (SSSR count). The van der Waals surface area contributed by atoms with E-state index in [-0.39, 0.29) is 29.7 Å². The lowest BCUT2D eigenvalue weighted by molar-refractivity contribution is -0.347. The molecule has 0 amide bonds. The van der Waals surface area contributed by atoms with Crippen molar-refractivity contribution in [3.63, 3.8) is 0 Å². The monoisotopic (exact) mass is 610 g/mol. The Morgan fingerprint density at radius 3 is 2.02 bits per heavy atom. The zero-order valence-corrected chi connectivity index (χ0v) is 25.2. The van der Waals surface area contributed by atoms with Crippen LogP contribution in [-0.4, -0.2) is 56.2 Å². The van der Waals surface area contributed by atoms with Gasteiger partial charge in [-0.1, -0.05) is 49.6 Å². The van der Waals surface area contributed by atoms with Crippen molar-refractivity contribution in [1.82, 2.24) is 0 Å². The maximum Gasteiger partial charge on any atom is 0.429 e. The van der Waals surface area contributed by atoms with Crippen molar-refractivity contribution in [3.8, 4) is 0 Å². The molecule has 0 aromatic carbocycles. The minimum atomic E-state index is -5.91. The molecule has 1 unspecified atom stereocenters. The Kier molecular flexibility index (Phi) is 10.5. The summed E-state index contributed by atoms with van der Waals surface area (Å²) in [7, 11) is 0. The minimum absolute atomic E-state index is 0.000925. The third-order valence-electron chi connectivity index (χ3n) is 10.2. The predicted molar refractivity (Wildman–Crippen MR) is 149 cm³/mol. The van der Waals surface area contributed by atoms with Gasteiger partial charge in [0.15, 0.2) is 0 Å². The lowest BCUT2D eigenvalue weighted by Crippen LogP contribution is -2.55. The zero-order valence-electron chi connectivity index (χ0n) is 25.2. The standard InChI is InChI=1S/C32H48F6O4/c1-27(2,41)13-6-14-28(3,15-7-17-30(42,31(33,34)35)32(36,37)38)26-12-11-25-22(8-5-16-29(25,26)4)10-9-21-18-23(39)20-24(40)19-21/h7,9-10,17,23-26,39-42H,5-6,8,11-16,18-20H2,1-4H3/b17-7-,22-10+/t23-,24-,25?,26-,28+,29+/m1/s1. The maximum absolute atomic E-state index is 13.3. The Labute approximate surface area is 245 Å². The number of hydrogen-bond acceptors (Lipinski definition) is 4. The van der Waals surface area contributed by atoms with Gasteiger partial charge in [-0.2, -0.15) is 26.3 Å². The first-order valence-corrected chi connectivity index (χ1v) is 15.1. The Morgan fingerprint density at radius 2 is 1.48 bits per heavy atom. The van der Waals surface area contributed by atoms with Crippen LogP contribution in [0.4, 0.5) is 26.3 Å². The number of aliphatic hydroxyl groups excluding tert-OH is 2. The van der Waals surface area contributed by atoms with Gasteiger partial charge < -0.3 is 20.4 Å². The number of aliphatic hydroxyl groups is 4. The van der Waals surface area contributed by atoms with Gasteiger partial charge >= 0.3 is 12.4 Å². The second-order valence-corrected chi connectivity index (χ2v) is 14.2. The molecule has 4 nitrogen and oxygen atoms in total. The van der Waals surface area contributed by atoms with Gasteiger partial charge in [0, 0.05) is 0 Å². The Hall–Kier alpha value is -1.36. The molecule has 0 aromatic heterocycles. The average Bonchev–Trinajstić information content (AvgIpc) is 3.18. The summed E-state index contributed by atoms with van der Waals surface area (Å²) in [5.41, 5.74) is -4.53. The van der Waals surface area contributed by atoms with E-state index in [9.17, 15) is 46.8 Å². The predicted octanol–water partition coefficient (Wildman–Crippen LogP) is 7.71. The summed E-state index contributed by atoms with van der Waals surface area (Å²) in [6, 6.07) is 0. The van der Waals surface area contributed by atoms with Crippen molar-refractivity contribution < 1.29 is 46.8 Å². The second kappa shape index (κ2) is 12.6. The van der Waals surface area contributed by atoms with E-state index in [1.807, 2.05) is 13.0 Å². The molecule has 0 bridgehead atoms. The fourth-order valence-corrected chi connectivity index (χ4v) is 8.11. The van der Waals surface area contributed by atoms with Crippen LogP contribution in [0.25, 0.3) is 0 Å². The van der Waals surface area contributed by atoms with E-state index in [4.69, 9.17) is 0 Å². The summed E-state index contributed by atoms with van der Waals surface area (Å²) in [6.07, 6.45) is -1.06. The first kappa shape index (κ1) is 35.1. The molecule has 3 fully saturated rings. The summed E-state index contributed by atoms with van der Waals surface area (Å²) in [5.74, 6) is 0.201. The van der Waals surface area contributed by atoms with E-state index in [0.717, 1.165) is 43.8 Å². The Balaban J connectivity index is 1.91. The van der Waals surface area contributed by atoms with Crippen molar-refractivity contribution in [2.75, 3.05) is 0 Å². The van der Waals surface area contributed by atoms with Gasteiger partial charge in [0.2, 0.25) is 0 Å². The smallest absolute Gasteiger partial charge is 0.393 e. The van der Waals surface area contributed by atoms with Gasteiger partial charge in [0.1, 0.15) is 0 Å². The van der Waals surface area contributed by atoms with Crippen LogP contribution in [0.1, 0.15) is 105 Å². The Morgan fingerprint density at radius 1 is 0.881 bits per heavy atom. The van der Waals surface area contributed by atoms with Gasteiger partial charge in [-0.25, -0.2) is 0 Å². The molecule has 3 aliphatic rings. The van der Waals surface area contributed by atoms with Crippen LogP contribution in [0.3, 0.4) is 0 Å². The summed E-state index contributed by atoms with van der Waals surface area (Å²) >= 11 is 0. The number of allylic oxidation sites excluding steroid dienone is 4. The lowest BCUT2D eigenvalue weighted by Gasteiger charge is -2.49. The molecule has 6 atom stereocenters. The summed E-state index contributed by atoms with van der Waals surface area (Å²) in [5, 5.41) is 40.1. The Bertz CT molecular complexity index is 997. The molecule has 0 aliphatic heterocycles. The quantitative estimate of drug-likeness (QED) is 0.159. The number of fused-ring (bicyclic) bond motifs is 1. The van der Waals surface area contributed by atoms with Crippen molar-refractivity contribution in [2.24, 2.45) is 22.7 Å². The van der Waals surface area contributed by atoms with Crippen molar-refractivity contribution in [2.45, 2.75) is 141 Å². The number of alkyl halides is 6. The number of halogens is 6. The zero-order chi connectivity index (χ0) is 31.8. The van der Waals surface area contributed by atoms with E-state index in [1.54, 1.807) is 13.8 Å². The third-order valence-corrected chi connectivity index (χ3v) is 10.2. The van der Waals surface area contributed by atoms with Gasteiger partial charge in [-0.3, -0.25) is 0 Å². The molecule has 4 N–H and O–H groups in total. The van der Waals surface area contributed by atoms with E-state index in [2.05, 4.69) is 13.0 Å². The molecule has 3 aliphatic carbocycles. The molecule has 0 heterocycles. The summed E-state index contributed by atoms with van der Waals surface area (Å²) < 4.78 is 80.1. The van der Waals surface area contributed by atoms with E-state index in [1.165, 1.54) is 5.57 Å². The number of rotatable bonds is 9. The molecule has 0 aromatic rings. The fraction of sp³-hybridized carbons (Fsp3) is 0.812. The lowest BCUT2D eigenvalue weighted by atomic mass is 9.55. The highest BCUT2D eigenvalue weighted by atomic mass is 19.4. The minimum Gasteiger partial charge on any atom is -0.393 e.